The Morgan fingerprint density at radius 3 is 1.88 bits per heavy atom. The summed E-state index contributed by atoms with van der Waals surface area (Å²) in [6.45, 7) is -0.139. The number of amides is 1. The zero-order chi connectivity index (χ0) is 18.0. The number of nitrogens with one attached hydrogen (secondary N) is 1. The monoisotopic (exact) mass is 344 g/mol. The summed E-state index contributed by atoms with van der Waals surface area (Å²) in [5, 5.41) is 6.86. The highest BCUT2D eigenvalue weighted by Crippen LogP contribution is 2.21. The minimum atomic E-state index is -0.230. The second kappa shape index (κ2) is 9.18. The fraction of sp³-hybridized carbons (Fsp3) is 0.0909. The highest BCUT2D eigenvalue weighted by molar-refractivity contribution is 5.80. The molecule has 0 bridgehead atoms. The Morgan fingerprint density at radius 1 is 0.846 bits per heavy atom. The van der Waals surface area contributed by atoms with Crippen LogP contribution in [0.15, 0.2) is 96.2 Å². The lowest BCUT2D eigenvalue weighted by Gasteiger charge is -2.19. The van der Waals surface area contributed by atoms with E-state index in [1.54, 1.807) is 6.21 Å². The summed E-state index contributed by atoms with van der Waals surface area (Å²) in [6.07, 6.45) is 1.58. The van der Waals surface area contributed by atoms with Gasteiger partial charge < -0.3 is 10.2 Å². The first-order valence-corrected chi connectivity index (χ1v) is 8.42. The van der Waals surface area contributed by atoms with Crippen LogP contribution in [0.3, 0.4) is 0 Å². The summed E-state index contributed by atoms with van der Waals surface area (Å²) in [5.41, 5.74) is 2.94. The number of benzene rings is 3. The normalized spacial score (nSPS) is 10.8. The molecule has 26 heavy (non-hydrogen) atoms. The van der Waals surface area contributed by atoms with E-state index in [9.17, 15) is 4.79 Å². The van der Waals surface area contributed by atoms with Gasteiger partial charge in [0.2, 0.25) is 0 Å². The lowest BCUT2D eigenvalue weighted by atomic mass is 9.99. The van der Waals surface area contributed by atoms with Crippen molar-refractivity contribution in [2.45, 2.75) is 6.04 Å². The minimum absolute atomic E-state index is 0.139. The van der Waals surface area contributed by atoms with Crippen molar-refractivity contribution in [3.05, 3.63) is 108 Å². The van der Waals surface area contributed by atoms with Gasteiger partial charge in [-0.25, -0.2) is 0 Å². The molecule has 0 saturated heterocycles. The summed E-state index contributed by atoms with van der Waals surface area (Å²) in [6, 6.07) is 29.1. The maximum absolute atomic E-state index is 12.3. The molecule has 0 heterocycles. The van der Waals surface area contributed by atoms with Gasteiger partial charge in [-0.15, -0.1) is 0 Å². The zero-order valence-corrected chi connectivity index (χ0v) is 14.3. The average Bonchev–Trinajstić information content (AvgIpc) is 2.71. The van der Waals surface area contributed by atoms with Gasteiger partial charge in [-0.3, -0.25) is 4.79 Å². The molecule has 130 valence electrons. The minimum Gasteiger partial charge on any atom is -0.386 e. The smallest absolute Gasteiger partial charge is 0.261 e. The topological polar surface area (TPSA) is 50.7 Å². The number of hydrogen-bond donors (Lipinski definition) is 1. The Balaban J connectivity index is 1.62. The van der Waals surface area contributed by atoms with Crippen molar-refractivity contribution < 1.29 is 9.63 Å². The van der Waals surface area contributed by atoms with E-state index in [0.29, 0.717) is 0 Å². The highest BCUT2D eigenvalue weighted by atomic mass is 16.6. The molecule has 0 spiro atoms. The van der Waals surface area contributed by atoms with Gasteiger partial charge in [0.1, 0.15) is 0 Å². The summed E-state index contributed by atoms with van der Waals surface area (Å²) >= 11 is 0. The number of hydrogen-bond acceptors (Lipinski definition) is 3. The first-order valence-electron chi connectivity index (χ1n) is 8.42. The average molecular weight is 344 g/mol. The lowest BCUT2D eigenvalue weighted by Crippen LogP contribution is -2.31. The van der Waals surface area contributed by atoms with E-state index in [4.69, 9.17) is 4.84 Å². The Hall–Kier alpha value is -3.40. The molecule has 4 nitrogen and oxygen atoms in total. The second-order valence-electron chi connectivity index (χ2n) is 5.74. The lowest BCUT2D eigenvalue weighted by molar-refractivity contribution is -0.126. The van der Waals surface area contributed by atoms with Crippen molar-refractivity contribution in [2.75, 3.05) is 6.61 Å². The second-order valence-corrected chi connectivity index (χ2v) is 5.74. The fourth-order valence-corrected chi connectivity index (χ4v) is 2.59. The van der Waals surface area contributed by atoms with Crippen LogP contribution in [0.1, 0.15) is 22.7 Å². The third-order valence-electron chi connectivity index (χ3n) is 3.84. The molecule has 3 rings (SSSR count). The van der Waals surface area contributed by atoms with Crippen LogP contribution in [0.5, 0.6) is 0 Å². The molecular weight excluding hydrogens is 324 g/mol. The first kappa shape index (κ1) is 17.4. The number of rotatable bonds is 7. The van der Waals surface area contributed by atoms with Crippen LogP contribution in [-0.4, -0.2) is 18.7 Å². The largest absolute Gasteiger partial charge is 0.386 e. The van der Waals surface area contributed by atoms with Gasteiger partial charge in [0.15, 0.2) is 6.61 Å². The predicted molar refractivity (Wildman–Crippen MR) is 103 cm³/mol. The van der Waals surface area contributed by atoms with Gasteiger partial charge in [-0.05, 0) is 16.7 Å². The standard InChI is InChI=1S/C22H20N2O2/c25-21(17-26-23-16-18-10-4-1-5-11-18)24-22(19-12-6-2-7-13-19)20-14-8-3-9-15-20/h1-16,22H,17H2,(H,24,25). The van der Waals surface area contributed by atoms with Crippen molar-refractivity contribution in [3.8, 4) is 0 Å². The molecule has 0 aliphatic heterocycles. The highest BCUT2D eigenvalue weighted by Gasteiger charge is 2.16. The molecule has 0 atom stereocenters. The number of nitrogens with zero attached hydrogens (tertiary/aromatic N) is 1. The van der Waals surface area contributed by atoms with E-state index in [-0.39, 0.29) is 18.6 Å². The van der Waals surface area contributed by atoms with Crippen LogP contribution >= 0.6 is 0 Å². The van der Waals surface area contributed by atoms with Crippen LogP contribution in [0.25, 0.3) is 0 Å². The SMILES string of the molecule is O=C(CON=Cc1ccccc1)NC(c1ccccc1)c1ccccc1. The van der Waals surface area contributed by atoms with Gasteiger partial charge >= 0.3 is 0 Å². The fourth-order valence-electron chi connectivity index (χ4n) is 2.59. The van der Waals surface area contributed by atoms with Crippen LogP contribution in [-0.2, 0) is 9.63 Å². The Kier molecular flexibility index (Phi) is 6.15. The quantitative estimate of drug-likeness (QED) is 0.521. The molecule has 3 aromatic rings. The van der Waals surface area contributed by atoms with E-state index in [1.807, 2.05) is 91.0 Å². The molecule has 0 aromatic heterocycles. The van der Waals surface area contributed by atoms with E-state index in [2.05, 4.69) is 10.5 Å². The number of carbonyl (C=O) groups excluding carboxylic acids is 1. The van der Waals surface area contributed by atoms with Crippen molar-refractivity contribution >= 4 is 12.1 Å². The maximum Gasteiger partial charge on any atom is 0.261 e. The maximum atomic E-state index is 12.3. The van der Waals surface area contributed by atoms with Gasteiger partial charge in [0, 0.05) is 0 Å². The van der Waals surface area contributed by atoms with E-state index < -0.39 is 0 Å². The molecular formula is C22H20N2O2. The van der Waals surface area contributed by atoms with Gasteiger partial charge in [-0.2, -0.15) is 0 Å². The Labute approximate surface area is 153 Å². The van der Waals surface area contributed by atoms with E-state index in [1.165, 1.54) is 0 Å². The first-order chi connectivity index (χ1) is 12.8. The molecule has 0 unspecified atom stereocenters. The predicted octanol–water partition coefficient (Wildman–Crippen LogP) is 3.94. The summed E-state index contributed by atoms with van der Waals surface area (Å²) in [4.78, 5) is 17.4. The molecule has 0 saturated carbocycles. The zero-order valence-electron chi connectivity index (χ0n) is 14.3. The molecule has 0 aliphatic rings. The van der Waals surface area contributed by atoms with Crippen LogP contribution < -0.4 is 5.32 Å². The molecule has 3 aromatic carbocycles. The molecule has 0 fully saturated rings. The van der Waals surface area contributed by atoms with Gasteiger partial charge in [0.25, 0.3) is 5.91 Å². The molecule has 1 amide bonds. The summed E-state index contributed by atoms with van der Waals surface area (Å²) < 4.78 is 0. The van der Waals surface area contributed by atoms with Crippen LogP contribution in [0.2, 0.25) is 0 Å². The van der Waals surface area contributed by atoms with Crippen molar-refractivity contribution in [2.24, 2.45) is 5.16 Å². The molecule has 0 aliphatic carbocycles. The Bertz CT molecular complexity index is 794. The number of oxime groups is 1. The van der Waals surface area contributed by atoms with E-state index >= 15 is 0 Å². The van der Waals surface area contributed by atoms with Crippen molar-refractivity contribution in [1.29, 1.82) is 0 Å². The van der Waals surface area contributed by atoms with E-state index in [0.717, 1.165) is 16.7 Å². The molecule has 1 N–H and O–H groups in total. The van der Waals surface area contributed by atoms with Crippen molar-refractivity contribution in [3.63, 3.8) is 0 Å². The van der Waals surface area contributed by atoms with Gasteiger partial charge in [0.05, 0.1) is 12.3 Å². The molecule has 4 heteroatoms. The molecule has 0 radical (unpaired) electrons. The Morgan fingerprint density at radius 2 is 1.35 bits per heavy atom. The number of carbonyl (C=O) groups is 1. The third kappa shape index (κ3) is 5.05. The third-order valence-corrected chi connectivity index (χ3v) is 3.84. The van der Waals surface area contributed by atoms with Gasteiger partial charge in [-0.1, -0.05) is 96.2 Å². The summed E-state index contributed by atoms with van der Waals surface area (Å²) in [5.74, 6) is -0.229. The van der Waals surface area contributed by atoms with Crippen molar-refractivity contribution in [1.82, 2.24) is 5.32 Å². The van der Waals surface area contributed by atoms with Crippen LogP contribution in [0.4, 0.5) is 0 Å². The summed E-state index contributed by atoms with van der Waals surface area (Å²) in [7, 11) is 0. The van der Waals surface area contributed by atoms with Crippen LogP contribution in [0, 0.1) is 0 Å².